The van der Waals surface area contributed by atoms with Gasteiger partial charge in [-0.2, -0.15) is 5.26 Å². The van der Waals surface area contributed by atoms with Gasteiger partial charge in [-0.1, -0.05) is 6.07 Å². The highest BCUT2D eigenvalue weighted by Gasteiger charge is 2.13. The van der Waals surface area contributed by atoms with E-state index in [2.05, 4.69) is 31.6 Å². The molecule has 5 aromatic rings. The third-order valence-corrected chi connectivity index (χ3v) is 4.45. The maximum atomic E-state index is 9.27. The number of furan rings is 1. The van der Waals surface area contributed by atoms with Crippen molar-refractivity contribution in [1.29, 1.82) is 5.26 Å². The van der Waals surface area contributed by atoms with E-state index >= 15 is 0 Å². The van der Waals surface area contributed by atoms with Gasteiger partial charge in [0.25, 0.3) is 0 Å². The zero-order valence-corrected chi connectivity index (χ0v) is 14.0. The molecule has 8 heteroatoms. The Morgan fingerprint density at radius 2 is 2.26 bits per heavy atom. The highest BCUT2D eigenvalue weighted by atomic mass is 16.3. The fourth-order valence-corrected chi connectivity index (χ4v) is 3.11. The summed E-state index contributed by atoms with van der Waals surface area (Å²) in [7, 11) is 0. The van der Waals surface area contributed by atoms with Gasteiger partial charge in [0.05, 0.1) is 18.4 Å². The van der Waals surface area contributed by atoms with E-state index in [4.69, 9.17) is 4.42 Å². The number of aromatic amines is 1. The molecule has 0 fully saturated rings. The Balaban J connectivity index is 1.57. The van der Waals surface area contributed by atoms with Gasteiger partial charge in [-0.3, -0.25) is 4.40 Å². The molecule has 130 valence electrons. The first-order chi connectivity index (χ1) is 13.3. The average Bonchev–Trinajstić information content (AvgIpc) is 3.45. The number of anilines is 1. The van der Waals surface area contributed by atoms with Gasteiger partial charge in [0.15, 0.2) is 5.65 Å². The molecule has 0 aliphatic heterocycles. The van der Waals surface area contributed by atoms with E-state index in [1.165, 1.54) is 0 Å². The monoisotopic (exact) mass is 355 g/mol. The summed E-state index contributed by atoms with van der Waals surface area (Å²) in [5.41, 5.74) is 3.96. The van der Waals surface area contributed by atoms with Crippen LogP contribution in [0.1, 0.15) is 11.3 Å². The Morgan fingerprint density at radius 3 is 3.11 bits per heavy atom. The molecule has 27 heavy (non-hydrogen) atoms. The molecule has 0 saturated heterocycles. The van der Waals surface area contributed by atoms with E-state index < -0.39 is 0 Å². The molecule has 0 spiro atoms. The number of nitrogens with one attached hydrogen (secondary N) is 2. The maximum absolute atomic E-state index is 9.27. The molecule has 4 heterocycles. The van der Waals surface area contributed by atoms with Crippen molar-refractivity contribution in [2.24, 2.45) is 0 Å². The van der Waals surface area contributed by atoms with Gasteiger partial charge in [0, 0.05) is 28.9 Å². The third-order valence-electron chi connectivity index (χ3n) is 4.45. The van der Waals surface area contributed by atoms with Crippen LogP contribution < -0.4 is 5.32 Å². The van der Waals surface area contributed by atoms with E-state index in [0.29, 0.717) is 23.7 Å². The molecule has 0 radical (unpaired) electrons. The highest BCUT2D eigenvalue weighted by Crippen LogP contribution is 2.29. The average molecular weight is 355 g/mol. The second-order valence-electron chi connectivity index (χ2n) is 6.03. The van der Waals surface area contributed by atoms with Crippen molar-refractivity contribution in [3.63, 3.8) is 0 Å². The van der Waals surface area contributed by atoms with Crippen molar-refractivity contribution in [3.05, 3.63) is 66.6 Å². The summed E-state index contributed by atoms with van der Waals surface area (Å²) >= 11 is 0. The first-order valence-electron chi connectivity index (χ1n) is 8.30. The van der Waals surface area contributed by atoms with Crippen LogP contribution in [-0.2, 0) is 6.54 Å². The van der Waals surface area contributed by atoms with Crippen LogP contribution in [0.3, 0.4) is 0 Å². The van der Waals surface area contributed by atoms with Crippen LogP contribution in [0.25, 0.3) is 27.7 Å². The Morgan fingerprint density at radius 1 is 1.30 bits per heavy atom. The molecule has 0 aliphatic carbocycles. The smallest absolute Gasteiger partial charge is 0.210 e. The predicted octanol–water partition coefficient (Wildman–Crippen LogP) is 3.35. The summed E-state index contributed by atoms with van der Waals surface area (Å²) in [6.07, 6.45) is 6.72. The fraction of sp³-hybridized carbons (Fsp3) is 0.0526. The van der Waals surface area contributed by atoms with Crippen molar-refractivity contribution in [3.8, 4) is 17.2 Å². The first-order valence-corrected chi connectivity index (χ1v) is 8.30. The summed E-state index contributed by atoms with van der Waals surface area (Å²) in [6, 6.07) is 11.8. The minimum atomic E-state index is 0.507. The lowest BCUT2D eigenvalue weighted by Gasteiger charge is -2.09. The van der Waals surface area contributed by atoms with E-state index in [1.807, 2.05) is 30.3 Å². The minimum absolute atomic E-state index is 0.507. The molecule has 0 amide bonds. The number of fused-ring (bicyclic) bond motifs is 2. The molecular formula is C19H13N7O. The zero-order valence-electron chi connectivity index (χ0n) is 14.0. The molecule has 8 nitrogen and oxygen atoms in total. The molecule has 5 rings (SSSR count). The number of H-pyrrole nitrogens is 1. The zero-order chi connectivity index (χ0) is 18.2. The standard InChI is InChI=1S/C19H13N7O/c20-7-13-8-21-17-4-3-12(6-15(13)17)16-10-23-19(26-11-24-25-18(16)26)22-9-14-2-1-5-27-14/h1-6,8,10-11,21H,9H2,(H,22,23). The van der Waals surface area contributed by atoms with E-state index in [1.54, 1.807) is 29.4 Å². The highest BCUT2D eigenvalue weighted by molar-refractivity contribution is 5.91. The molecule has 1 aromatic carbocycles. The molecule has 2 N–H and O–H groups in total. The molecule has 0 atom stereocenters. The topological polar surface area (TPSA) is 108 Å². The lowest BCUT2D eigenvalue weighted by Crippen LogP contribution is -2.06. The number of hydrogen-bond acceptors (Lipinski definition) is 6. The Hall–Kier alpha value is -4.12. The molecule has 0 aliphatic rings. The number of nitriles is 1. The van der Waals surface area contributed by atoms with Crippen molar-refractivity contribution in [2.45, 2.75) is 6.54 Å². The van der Waals surface area contributed by atoms with E-state index in [9.17, 15) is 5.26 Å². The van der Waals surface area contributed by atoms with Crippen molar-refractivity contribution in [2.75, 3.05) is 5.32 Å². The normalized spacial score (nSPS) is 11.1. The number of aromatic nitrogens is 5. The third kappa shape index (κ3) is 2.49. The quantitative estimate of drug-likeness (QED) is 0.512. The fourth-order valence-electron chi connectivity index (χ4n) is 3.11. The first kappa shape index (κ1) is 15.2. The molecule has 0 unspecified atom stereocenters. The summed E-state index contributed by atoms with van der Waals surface area (Å²) in [5.74, 6) is 1.43. The van der Waals surface area contributed by atoms with Crippen molar-refractivity contribution in [1.82, 2.24) is 24.6 Å². The van der Waals surface area contributed by atoms with Gasteiger partial charge < -0.3 is 14.7 Å². The second-order valence-corrected chi connectivity index (χ2v) is 6.03. The summed E-state index contributed by atoms with van der Waals surface area (Å²) in [5, 5.41) is 21.6. The Kier molecular flexibility index (Phi) is 3.37. The van der Waals surface area contributed by atoms with Crippen LogP contribution in [0.2, 0.25) is 0 Å². The summed E-state index contributed by atoms with van der Waals surface area (Å²) < 4.78 is 7.13. The van der Waals surface area contributed by atoms with Gasteiger partial charge in [0.1, 0.15) is 18.2 Å². The number of benzene rings is 1. The van der Waals surface area contributed by atoms with Gasteiger partial charge in [0.2, 0.25) is 5.95 Å². The lowest BCUT2D eigenvalue weighted by atomic mass is 10.0. The van der Waals surface area contributed by atoms with Crippen molar-refractivity contribution >= 4 is 22.5 Å². The predicted molar refractivity (Wildman–Crippen MR) is 98.8 cm³/mol. The van der Waals surface area contributed by atoms with Crippen LogP contribution >= 0.6 is 0 Å². The summed E-state index contributed by atoms with van der Waals surface area (Å²) in [4.78, 5) is 7.62. The Labute approximate surface area is 153 Å². The molecule has 0 saturated carbocycles. The van der Waals surface area contributed by atoms with Crippen LogP contribution in [0.5, 0.6) is 0 Å². The molecule has 0 bridgehead atoms. The largest absolute Gasteiger partial charge is 0.467 e. The molecule has 4 aromatic heterocycles. The number of hydrogen-bond donors (Lipinski definition) is 2. The number of rotatable bonds is 4. The van der Waals surface area contributed by atoms with Gasteiger partial charge in [-0.05, 0) is 29.8 Å². The van der Waals surface area contributed by atoms with Gasteiger partial charge in [-0.25, -0.2) is 4.98 Å². The minimum Gasteiger partial charge on any atom is -0.467 e. The van der Waals surface area contributed by atoms with Crippen LogP contribution in [-0.4, -0.2) is 24.6 Å². The van der Waals surface area contributed by atoms with Crippen LogP contribution in [0.4, 0.5) is 5.95 Å². The summed E-state index contributed by atoms with van der Waals surface area (Å²) in [6.45, 7) is 0.507. The molecular weight excluding hydrogens is 342 g/mol. The van der Waals surface area contributed by atoms with Crippen LogP contribution in [0, 0.1) is 11.3 Å². The second kappa shape index (κ2) is 6.00. The Bertz CT molecular complexity index is 1290. The van der Waals surface area contributed by atoms with Crippen molar-refractivity contribution < 1.29 is 4.42 Å². The van der Waals surface area contributed by atoms with Crippen LogP contribution in [0.15, 0.2) is 59.7 Å². The van der Waals surface area contributed by atoms with E-state index in [-0.39, 0.29) is 0 Å². The van der Waals surface area contributed by atoms with Gasteiger partial charge in [-0.15, -0.1) is 10.2 Å². The maximum Gasteiger partial charge on any atom is 0.210 e. The van der Waals surface area contributed by atoms with E-state index in [0.717, 1.165) is 27.8 Å². The van der Waals surface area contributed by atoms with Gasteiger partial charge >= 0.3 is 0 Å². The number of nitrogens with zero attached hydrogens (tertiary/aromatic N) is 5. The lowest BCUT2D eigenvalue weighted by molar-refractivity contribution is 0.517. The SMILES string of the molecule is N#Cc1c[nH]c2ccc(-c3cnc(NCc4ccco4)n4cnnc34)cc12.